The fraction of sp³-hybridized carbons (Fsp3) is 0.258. The first-order valence-electron chi connectivity index (χ1n) is 13.8. The summed E-state index contributed by atoms with van der Waals surface area (Å²) in [5.41, 5.74) is 2.77. The van der Waals surface area contributed by atoms with Crippen LogP contribution in [0.2, 0.25) is 10.0 Å². The number of aromatic nitrogens is 3. The topological polar surface area (TPSA) is 124 Å². The molecule has 12 heteroatoms. The van der Waals surface area contributed by atoms with Gasteiger partial charge in [-0.25, -0.2) is 14.3 Å². The van der Waals surface area contributed by atoms with Crippen molar-refractivity contribution < 1.29 is 19.1 Å². The number of pyridine rings is 1. The van der Waals surface area contributed by atoms with E-state index in [9.17, 15) is 14.4 Å². The summed E-state index contributed by atoms with van der Waals surface area (Å²) in [7, 11) is 0. The van der Waals surface area contributed by atoms with Crippen LogP contribution in [0.3, 0.4) is 0 Å². The fourth-order valence-electron chi connectivity index (χ4n) is 4.32. The number of rotatable bonds is 10. The molecular formula is C31H29Cl2N5O5. The predicted octanol–water partition coefficient (Wildman–Crippen LogP) is 6.91. The SMILES string of the molecule is CCOC(=O)c1cc(OCC2CC2)cc(-c2cccc(-c3cc(NC(=O)Nc4c(Cl)cncc4Cl)c(=O)n(CC)n3)c2)c1. The quantitative estimate of drug-likeness (QED) is 0.184. The van der Waals surface area contributed by atoms with Gasteiger partial charge in [0.2, 0.25) is 0 Å². The van der Waals surface area contributed by atoms with Crippen LogP contribution in [0, 0.1) is 5.92 Å². The van der Waals surface area contributed by atoms with Gasteiger partial charge in [-0.1, -0.05) is 41.4 Å². The van der Waals surface area contributed by atoms with Crippen molar-refractivity contribution in [3.05, 3.63) is 86.9 Å². The van der Waals surface area contributed by atoms with E-state index in [2.05, 4.69) is 20.7 Å². The second kappa shape index (κ2) is 13.3. The van der Waals surface area contributed by atoms with Gasteiger partial charge in [0.25, 0.3) is 5.56 Å². The number of esters is 1. The van der Waals surface area contributed by atoms with E-state index >= 15 is 0 Å². The van der Waals surface area contributed by atoms with E-state index in [1.54, 1.807) is 26.0 Å². The van der Waals surface area contributed by atoms with E-state index in [-0.39, 0.29) is 34.6 Å². The number of carbonyl (C=O) groups is 2. The molecule has 0 saturated heterocycles. The standard InChI is InChI=1S/C31H29Cl2N5O5/c1-3-38-29(39)27(35-31(41)36-28-24(32)15-34-16-25(28)33)14-26(37-38)20-7-5-6-19(10-20)21-11-22(30(40)42-4-2)13-23(12-21)43-17-18-8-9-18/h5-7,10-16,18H,3-4,8-9,17H2,1-2H3,(H2,34,35,36,41). The van der Waals surface area contributed by atoms with E-state index in [0.717, 1.165) is 24.0 Å². The first kappa shape index (κ1) is 30.1. The molecule has 5 rings (SSSR count). The third kappa shape index (κ3) is 7.33. The van der Waals surface area contributed by atoms with Gasteiger partial charge >= 0.3 is 12.0 Å². The van der Waals surface area contributed by atoms with Gasteiger partial charge < -0.3 is 20.1 Å². The lowest BCUT2D eigenvalue weighted by Gasteiger charge is -2.14. The number of ether oxygens (including phenoxy) is 2. The second-order valence-electron chi connectivity index (χ2n) is 9.92. The zero-order chi connectivity index (χ0) is 30.5. The summed E-state index contributed by atoms with van der Waals surface area (Å²) in [6, 6.07) is 13.6. The van der Waals surface area contributed by atoms with Crippen LogP contribution in [-0.4, -0.2) is 40.0 Å². The van der Waals surface area contributed by atoms with Crippen LogP contribution in [0.25, 0.3) is 22.4 Å². The highest BCUT2D eigenvalue weighted by molar-refractivity contribution is 6.39. The number of benzene rings is 2. The summed E-state index contributed by atoms with van der Waals surface area (Å²) >= 11 is 12.2. The number of nitrogens with zero attached hydrogens (tertiary/aromatic N) is 3. The monoisotopic (exact) mass is 621 g/mol. The highest BCUT2D eigenvalue weighted by Crippen LogP contribution is 2.33. The Labute approximate surface area is 258 Å². The van der Waals surface area contributed by atoms with Gasteiger partial charge in [-0.15, -0.1) is 0 Å². The molecule has 0 spiro atoms. The summed E-state index contributed by atoms with van der Waals surface area (Å²) in [5.74, 6) is 0.695. The van der Waals surface area contributed by atoms with Crippen molar-refractivity contribution in [2.75, 3.05) is 23.8 Å². The van der Waals surface area contributed by atoms with Crippen molar-refractivity contribution in [3.63, 3.8) is 0 Å². The van der Waals surface area contributed by atoms with Gasteiger partial charge in [0.1, 0.15) is 11.4 Å². The van der Waals surface area contributed by atoms with Crippen molar-refractivity contribution >= 4 is 46.6 Å². The third-order valence-corrected chi connectivity index (χ3v) is 7.28. The molecular weight excluding hydrogens is 593 g/mol. The van der Waals surface area contributed by atoms with Crippen molar-refractivity contribution in [2.45, 2.75) is 33.2 Å². The maximum absolute atomic E-state index is 13.0. The Kier molecular flexibility index (Phi) is 9.27. The summed E-state index contributed by atoms with van der Waals surface area (Å²) in [6.45, 7) is 4.66. The largest absolute Gasteiger partial charge is 0.493 e. The van der Waals surface area contributed by atoms with Crippen LogP contribution in [-0.2, 0) is 11.3 Å². The molecule has 2 heterocycles. The summed E-state index contributed by atoms with van der Waals surface area (Å²) in [4.78, 5) is 42.3. The molecule has 1 fully saturated rings. The molecule has 0 unspecified atom stereocenters. The number of amides is 2. The van der Waals surface area contributed by atoms with Gasteiger partial charge in [-0.2, -0.15) is 5.10 Å². The minimum atomic E-state index is -0.713. The van der Waals surface area contributed by atoms with E-state index in [4.69, 9.17) is 32.7 Å². The smallest absolute Gasteiger partial charge is 0.338 e. The Morgan fingerprint density at radius 1 is 0.977 bits per heavy atom. The number of aryl methyl sites for hydroxylation is 1. The van der Waals surface area contributed by atoms with Gasteiger partial charge in [0, 0.05) is 24.5 Å². The van der Waals surface area contributed by atoms with E-state index in [1.807, 2.05) is 30.3 Å². The van der Waals surface area contributed by atoms with Crippen LogP contribution < -0.4 is 20.9 Å². The van der Waals surface area contributed by atoms with Gasteiger partial charge in [0.05, 0.1) is 40.2 Å². The Bertz CT molecular complexity index is 1720. The van der Waals surface area contributed by atoms with Crippen molar-refractivity contribution in [1.29, 1.82) is 0 Å². The lowest BCUT2D eigenvalue weighted by Crippen LogP contribution is -2.29. The van der Waals surface area contributed by atoms with E-state index < -0.39 is 17.6 Å². The van der Waals surface area contributed by atoms with Crippen LogP contribution in [0.5, 0.6) is 5.75 Å². The first-order valence-corrected chi connectivity index (χ1v) is 14.6. The first-order chi connectivity index (χ1) is 20.7. The Balaban J connectivity index is 1.47. The van der Waals surface area contributed by atoms with Gasteiger partial charge in [-0.05, 0) is 74.1 Å². The van der Waals surface area contributed by atoms with Crippen LogP contribution >= 0.6 is 23.2 Å². The van der Waals surface area contributed by atoms with E-state index in [0.29, 0.717) is 35.1 Å². The zero-order valence-corrected chi connectivity index (χ0v) is 25.0. The normalized spacial score (nSPS) is 12.5. The number of anilines is 2. The van der Waals surface area contributed by atoms with E-state index in [1.165, 1.54) is 23.1 Å². The third-order valence-electron chi connectivity index (χ3n) is 6.71. The summed E-state index contributed by atoms with van der Waals surface area (Å²) < 4.78 is 12.5. The number of carbonyl (C=O) groups excluding carboxylic acids is 2. The number of halogens is 2. The summed E-state index contributed by atoms with van der Waals surface area (Å²) in [5, 5.41) is 9.94. The second-order valence-corrected chi connectivity index (χ2v) is 10.7. The molecule has 2 aromatic heterocycles. The molecule has 0 atom stereocenters. The Hall–Kier alpha value is -4.41. The number of hydrogen-bond donors (Lipinski definition) is 2. The average molecular weight is 623 g/mol. The van der Waals surface area contributed by atoms with Gasteiger partial charge in [0.15, 0.2) is 0 Å². The highest BCUT2D eigenvalue weighted by atomic mass is 35.5. The van der Waals surface area contributed by atoms with Crippen LogP contribution in [0.15, 0.2) is 65.7 Å². The molecule has 2 N–H and O–H groups in total. The molecule has 2 amide bonds. The Morgan fingerprint density at radius 2 is 1.72 bits per heavy atom. The van der Waals surface area contributed by atoms with Crippen LogP contribution in [0.1, 0.15) is 37.0 Å². The minimum Gasteiger partial charge on any atom is -0.493 e. The molecule has 0 radical (unpaired) electrons. The zero-order valence-electron chi connectivity index (χ0n) is 23.5. The summed E-state index contributed by atoms with van der Waals surface area (Å²) in [6.07, 6.45) is 4.97. The van der Waals surface area contributed by atoms with Crippen molar-refractivity contribution in [1.82, 2.24) is 14.8 Å². The molecule has 10 nitrogen and oxygen atoms in total. The molecule has 2 aromatic carbocycles. The lowest BCUT2D eigenvalue weighted by molar-refractivity contribution is 0.0526. The molecule has 222 valence electrons. The number of urea groups is 1. The Morgan fingerprint density at radius 3 is 2.42 bits per heavy atom. The number of nitrogens with one attached hydrogen (secondary N) is 2. The molecule has 0 aliphatic heterocycles. The molecule has 1 aliphatic carbocycles. The predicted molar refractivity (Wildman–Crippen MR) is 166 cm³/mol. The van der Waals surface area contributed by atoms with Gasteiger partial charge in [-0.3, -0.25) is 9.78 Å². The van der Waals surface area contributed by atoms with Crippen molar-refractivity contribution in [3.8, 4) is 28.1 Å². The minimum absolute atomic E-state index is 0.0103. The highest BCUT2D eigenvalue weighted by Gasteiger charge is 2.22. The molecule has 1 aliphatic rings. The fourth-order valence-corrected chi connectivity index (χ4v) is 4.78. The maximum atomic E-state index is 13.0. The maximum Gasteiger partial charge on any atom is 0.338 e. The molecule has 4 aromatic rings. The molecule has 1 saturated carbocycles. The lowest BCUT2D eigenvalue weighted by atomic mass is 9.99. The van der Waals surface area contributed by atoms with Crippen LogP contribution in [0.4, 0.5) is 16.2 Å². The average Bonchev–Trinajstić information content (AvgIpc) is 3.84. The number of hydrogen-bond acceptors (Lipinski definition) is 7. The molecule has 43 heavy (non-hydrogen) atoms. The molecule has 0 bridgehead atoms. The van der Waals surface area contributed by atoms with Crippen molar-refractivity contribution in [2.24, 2.45) is 5.92 Å².